The van der Waals surface area contributed by atoms with E-state index < -0.39 is 30.6 Å². The predicted molar refractivity (Wildman–Crippen MR) is 169 cm³/mol. The van der Waals surface area contributed by atoms with E-state index in [1.807, 2.05) is 19.1 Å². The Kier molecular flexibility index (Phi) is 9.65. The molecule has 2 amide bonds. The number of benzene rings is 1. The van der Waals surface area contributed by atoms with E-state index in [9.17, 15) is 18.8 Å². The van der Waals surface area contributed by atoms with E-state index in [-0.39, 0.29) is 43.0 Å². The number of amides is 2. The fourth-order valence-electron chi connectivity index (χ4n) is 5.49. The van der Waals surface area contributed by atoms with Gasteiger partial charge in [0.05, 0.1) is 24.8 Å². The van der Waals surface area contributed by atoms with Gasteiger partial charge in [0.1, 0.15) is 41.2 Å². The van der Waals surface area contributed by atoms with Gasteiger partial charge >= 0.3 is 0 Å². The molecule has 5 rings (SSSR count). The van der Waals surface area contributed by atoms with Crippen LogP contribution in [0, 0.1) is 25.2 Å². The van der Waals surface area contributed by atoms with Gasteiger partial charge in [-0.1, -0.05) is 25.0 Å². The van der Waals surface area contributed by atoms with Gasteiger partial charge in [-0.05, 0) is 59.0 Å². The number of fused-ring (bicyclic) bond motifs is 1. The molecular formula is C32H31BrFN7O4. The number of ketones is 1. The highest BCUT2D eigenvalue weighted by Crippen LogP contribution is 2.32. The average Bonchev–Trinajstić information content (AvgIpc) is 3.55. The van der Waals surface area contributed by atoms with Crippen molar-refractivity contribution in [3.05, 3.63) is 64.4 Å². The number of anilines is 1. The third-order valence-electron chi connectivity index (χ3n) is 7.68. The van der Waals surface area contributed by atoms with Crippen LogP contribution in [0.25, 0.3) is 22.0 Å². The molecule has 0 radical (unpaired) electrons. The van der Waals surface area contributed by atoms with Gasteiger partial charge in [0, 0.05) is 35.8 Å². The molecule has 4 aromatic rings. The van der Waals surface area contributed by atoms with Crippen LogP contribution in [0.3, 0.4) is 0 Å². The van der Waals surface area contributed by atoms with Crippen molar-refractivity contribution >= 4 is 50.2 Å². The number of pyridine rings is 1. The first-order valence-corrected chi connectivity index (χ1v) is 15.1. The lowest BCUT2D eigenvalue weighted by atomic mass is 10.0. The number of Topliss-reactive ketones (excluding diaryl/α,β-unsaturated/α-hetero) is 1. The van der Waals surface area contributed by atoms with Crippen LogP contribution in [-0.2, 0) is 27.5 Å². The lowest BCUT2D eigenvalue weighted by Crippen LogP contribution is -2.48. The van der Waals surface area contributed by atoms with Gasteiger partial charge in [-0.15, -0.1) is 6.42 Å². The Morgan fingerprint density at radius 3 is 2.62 bits per heavy atom. The molecule has 3 atom stereocenters. The van der Waals surface area contributed by atoms with Crippen molar-refractivity contribution < 1.29 is 23.5 Å². The van der Waals surface area contributed by atoms with Crippen molar-refractivity contribution in [3.8, 4) is 23.5 Å². The summed E-state index contributed by atoms with van der Waals surface area (Å²) in [6.07, 6.45) is 9.60. The van der Waals surface area contributed by atoms with E-state index >= 15 is 0 Å². The third kappa shape index (κ3) is 6.77. The Labute approximate surface area is 267 Å². The van der Waals surface area contributed by atoms with E-state index in [1.54, 1.807) is 37.5 Å². The van der Waals surface area contributed by atoms with E-state index in [2.05, 4.69) is 47.2 Å². The summed E-state index contributed by atoms with van der Waals surface area (Å²) in [5.41, 5.74) is 2.91. The Balaban J connectivity index is 1.43. The minimum Gasteiger partial charge on any atom is -0.374 e. The monoisotopic (exact) mass is 675 g/mol. The van der Waals surface area contributed by atoms with Crippen molar-refractivity contribution in [1.82, 2.24) is 29.6 Å². The molecule has 13 heteroatoms. The van der Waals surface area contributed by atoms with Gasteiger partial charge in [-0.3, -0.25) is 19.1 Å². The van der Waals surface area contributed by atoms with Crippen molar-refractivity contribution in [1.29, 1.82) is 0 Å². The number of ether oxygens (including phenoxy) is 1. The van der Waals surface area contributed by atoms with Gasteiger partial charge in [-0.2, -0.15) is 5.10 Å². The van der Waals surface area contributed by atoms with E-state index in [1.165, 1.54) is 16.5 Å². The second-order valence-corrected chi connectivity index (χ2v) is 11.6. The normalized spacial score (nSPS) is 17.8. The lowest BCUT2D eigenvalue weighted by Gasteiger charge is -2.28. The molecule has 1 N–H and O–H groups in total. The first-order chi connectivity index (χ1) is 21.6. The van der Waals surface area contributed by atoms with Crippen molar-refractivity contribution in [2.24, 2.45) is 5.92 Å². The molecular weight excluding hydrogens is 645 g/mol. The SMILES string of the molecule is C#C[C@@H]1[C@@H](C)C[C@@H](C(=O)Nc2nc(Br)ccc2COCCF)N1C(=O)Cn1nc(C(C)=O)c2cc(-c3cnc(C)nc3)ccc21. The molecule has 0 unspecified atom stereocenters. The minimum absolute atomic E-state index is 0.0417. The van der Waals surface area contributed by atoms with Gasteiger partial charge in [0.15, 0.2) is 5.78 Å². The summed E-state index contributed by atoms with van der Waals surface area (Å²) in [5, 5.41) is 7.89. The first-order valence-electron chi connectivity index (χ1n) is 14.3. The highest BCUT2D eigenvalue weighted by atomic mass is 79.9. The van der Waals surface area contributed by atoms with Crippen LogP contribution in [0.2, 0.25) is 0 Å². The zero-order valence-electron chi connectivity index (χ0n) is 25.0. The maximum absolute atomic E-state index is 13.9. The predicted octanol–water partition coefficient (Wildman–Crippen LogP) is 4.53. The third-order valence-corrected chi connectivity index (χ3v) is 8.12. The molecule has 3 aromatic heterocycles. The maximum atomic E-state index is 13.9. The van der Waals surface area contributed by atoms with Gasteiger partial charge in [-0.25, -0.2) is 19.3 Å². The Bertz CT molecular complexity index is 1800. The fourth-order valence-corrected chi connectivity index (χ4v) is 5.80. The number of aryl methyl sites for hydroxylation is 1. The molecule has 0 saturated carbocycles. The van der Waals surface area contributed by atoms with E-state index in [0.717, 1.165) is 11.1 Å². The summed E-state index contributed by atoms with van der Waals surface area (Å²) in [6.45, 7) is 4.16. The molecule has 1 fully saturated rings. The Morgan fingerprint density at radius 2 is 1.93 bits per heavy atom. The van der Waals surface area contributed by atoms with Crippen LogP contribution < -0.4 is 5.32 Å². The summed E-state index contributed by atoms with van der Waals surface area (Å²) in [7, 11) is 0. The van der Waals surface area contributed by atoms with Gasteiger partial charge in [0.2, 0.25) is 11.8 Å². The van der Waals surface area contributed by atoms with Crippen LogP contribution in [0.5, 0.6) is 0 Å². The topological polar surface area (TPSA) is 132 Å². The first kappa shape index (κ1) is 31.9. The van der Waals surface area contributed by atoms with Crippen molar-refractivity contribution in [2.45, 2.75) is 52.4 Å². The Morgan fingerprint density at radius 1 is 1.18 bits per heavy atom. The molecule has 0 aliphatic carbocycles. The second kappa shape index (κ2) is 13.6. The van der Waals surface area contributed by atoms with Crippen LogP contribution >= 0.6 is 15.9 Å². The largest absolute Gasteiger partial charge is 0.374 e. The average molecular weight is 677 g/mol. The highest BCUT2D eigenvalue weighted by molar-refractivity contribution is 9.10. The number of aromatic nitrogens is 5. The molecule has 0 spiro atoms. The molecule has 45 heavy (non-hydrogen) atoms. The number of halogens is 2. The standard InChI is InChI=1S/C32H31BrFN7O4/c1-5-25-18(2)12-27(32(44)38-31-22(17-45-11-10-34)7-9-28(33)37-31)41(25)29(43)16-40-26-8-6-21(23-14-35-20(4)36-15-23)13-24(26)30(39-40)19(3)42/h1,6-9,13-15,18,25,27H,10-12,16-17H2,2-4H3,(H,37,38,44)/t18-,25+,27-/m0/s1. The molecule has 232 valence electrons. The molecule has 0 bridgehead atoms. The molecule has 1 aromatic carbocycles. The zero-order chi connectivity index (χ0) is 32.2. The number of hydrogen-bond donors (Lipinski definition) is 1. The minimum atomic E-state index is -0.892. The number of carbonyl (C=O) groups excluding carboxylic acids is 3. The summed E-state index contributed by atoms with van der Waals surface area (Å²) in [5.74, 6) is 2.23. The van der Waals surface area contributed by atoms with E-state index in [4.69, 9.17) is 11.2 Å². The quantitative estimate of drug-likeness (QED) is 0.112. The maximum Gasteiger partial charge on any atom is 0.248 e. The number of carbonyl (C=O) groups is 3. The molecule has 1 aliphatic rings. The highest BCUT2D eigenvalue weighted by Gasteiger charge is 2.44. The zero-order valence-corrected chi connectivity index (χ0v) is 26.5. The Hall–Kier alpha value is -4.54. The molecule has 4 heterocycles. The van der Waals surface area contributed by atoms with Crippen molar-refractivity contribution in [3.63, 3.8) is 0 Å². The second-order valence-electron chi connectivity index (χ2n) is 10.8. The molecule has 1 saturated heterocycles. The summed E-state index contributed by atoms with van der Waals surface area (Å²) >= 11 is 3.31. The van der Waals surface area contributed by atoms with Crippen LogP contribution in [-0.4, -0.2) is 72.6 Å². The van der Waals surface area contributed by atoms with Gasteiger partial charge in [0.25, 0.3) is 0 Å². The van der Waals surface area contributed by atoms with Crippen LogP contribution in [0.4, 0.5) is 10.2 Å². The number of alkyl halides is 1. The number of nitrogens with one attached hydrogen (secondary N) is 1. The number of terminal acetylenes is 1. The van der Waals surface area contributed by atoms with E-state index in [0.29, 0.717) is 33.3 Å². The lowest BCUT2D eigenvalue weighted by molar-refractivity contribution is -0.138. The summed E-state index contributed by atoms with van der Waals surface area (Å²) in [4.78, 5) is 54.5. The van der Waals surface area contributed by atoms with Crippen LogP contribution in [0.15, 0.2) is 47.3 Å². The molecule has 1 aliphatic heterocycles. The summed E-state index contributed by atoms with van der Waals surface area (Å²) < 4.78 is 19.8. The number of nitrogens with zero attached hydrogens (tertiary/aromatic N) is 6. The smallest absolute Gasteiger partial charge is 0.248 e. The van der Waals surface area contributed by atoms with Crippen molar-refractivity contribution in [2.75, 3.05) is 18.6 Å². The summed E-state index contributed by atoms with van der Waals surface area (Å²) in [6, 6.07) is 7.33. The van der Waals surface area contributed by atoms with Crippen LogP contribution in [0.1, 0.15) is 42.1 Å². The number of hydrogen-bond acceptors (Lipinski definition) is 8. The number of likely N-dealkylation sites (tertiary alicyclic amines) is 1. The fraction of sp³-hybridized carbons (Fsp3) is 0.344. The molecule has 11 nitrogen and oxygen atoms in total. The number of rotatable bonds is 10. The van der Waals surface area contributed by atoms with Gasteiger partial charge < -0.3 is 15.0 Å².